The highest BCUT2D eigenvalue weighted by atomic mass is 32.1. The summed E-state index contributed by atoms with van der Waals surface area (Å²) in [7, 11) is 1.78. The van der Waals surface area contributed by atoms with Crippen LogP contribution in [0.1, 0.15) is 20.2 Å². The van der Waals surface area contributed by atoms with Crippen LogP contribution in [0.5, 0.6) is 0 Å². The minimum atomic E-state index is -0.0681. The Morgan fingerprint density at radius 1 is 1.48 bits per heavy atom. The molecule has 3 rings (SSSR count). The Morgan fingerprint density at radius 3 is 2.95 bits per heavy atom. The molecule has 0 unspecified atom stereocenters. The van der Waals surface area contributed by atoms with Gasteiger partial charge in [0, 0.05) is 29.7 Å². The Bertz CT molecular complexity index is 808. The van der Waals surface area contributed by atoms with Gasteiger partial charge in [-0.15, -0.1) is 22.7 Å². The molecule has 3 aromatic rings. The predicted octanol–water partition coefficient (Wildman–Crippen LogP) is 2.92. The molecule has 0 bridgehead atoms. The maximum Gasteiger partial charge on any atom is 0.266 e. The number of thiazole rings is 1. The van der Waals surface area contributed by atoms with Crippen molar-refractivity contribution in [3.63, 3.8) is 0 Å². The average molecular weight is 318 g/mol. The van der Waals surface area contributed by atoms with E-state index in [2.05, 4.69) is 9.97 Å². The van der Waals surface area contributed by atoms with Crippen LogP contribution in [0.15, 0.2) is 24.0 Å². The molecule has 0 spiro atoms. The first-order chi connectivity index (χ1) is 10.1. The Morgan fingerprint density at radius 2 is 2.29 bits per heavy atom. The van der Waals surface area contributed by atoms with Gasteiger partial charge in [-0.2, -0.15) is 0 Å². The number of hydrogen-bond acceptors (Lipinski definition) is 6. The van der Waals surface area contributed by atoms with E-state index in [9.17, 15) is 4.79 Å². The maximum atomic E-state index is 12.6. The van der Waals surface area contributed by atoms with E-state index in [1.165, 1.54) is 11.3 Å². The zero-order valence-corrected chi connectivity index (χ0v) is 13.3. The third-order valence-electron chi connectivity index (χ3n) is 3.30. The number of aromatic nitrogens is 2. The fraction of sp³-hybridized carbons (Fsp3) is 0.214. The molecule has 21 heavy (non-hydrogen) atoms. The van der Waals surface area contributed by atoms with Crippen LogP contribution in [0.25, 0.3) is 10.1 Å². The second-order valence-electron chi connectivity index (χ2n) is 4.74. The number of aryl methyl sites for hydroxylation is 1. The van der Waals surface area contributed by atoms with Gasteiger partial charge in [-0.25, -0.2) is 4.98 Å². The van der Waals surface area contributed by atoms with Crippen molar-refractivity contribution in [2.45, 2.75) is 13.5 Å². The summed E-state index contributed by atoms with van der Waals surface area (Å²) in [6.45, 7) is 2.49. The third kappa shape index (κ3) is 2.50. The van der Waals surface area contributed by atoms with E-state index in [0.717, 1.165) is 20.7 Å². The van der Waals surface area contributed by atoms with Crippen molar-refractivity contribution < 1.29 is 4.79 Å². The molecule has 0 aromatic carbocycles. The van der Waals surface area contributed by atoms with Crippen LogP contribution < -0.4 is 5.73 Å². The number of amides is 1. The quantitative estimate of drug-likeness (QED) is 0.806. The zero-order chi connectivity index (χ0) is 15.0. The molecule has 0 radical (unpaired) electrons. The van der Waals surface area contributed by atoms with E-state index >= 15 is 0 Å². The van der Waals surface area contributed by atoms with Gasteiger partial charge < -0.3 is 10.6 Å². The number of pyridine rings is 1. The molecule has 3 heterocycles. The SMILES string of the molecule is Cc1ncsc1CN(C)C(=O)c1sc2cnccc2c1N. The Hall–Kier alpha value is -1.99. The summed E-state index contributed by atoms with van der Waals surface area (Å²) in [6, 6.07) is 1.84. The lowest BCUT2D eigenvalue weighted by Crippen LogP contribution is -2.26. The lowest BCUT2D eigenvalue weighted by molar-refractivity contribution is 0.0792. The number of anilines is 1. The highest BCUT2D eigenvalue weighted by molar-refractivity contribution is 7.21. The van der Waals surface area contributed by atoms with Gasteiger partial charge in [0.15, 0.2) is 0 Å². The number of nitrogen functional groups attached to an aromatic ring is 1. The Kier molecular flexibility index (Phi) is 3.60. The minimum absolute atomic E-state index is 0.0681. The number of fused-ring (bicyclic) bond motifs is 1. The maximum absolute atomic E-state index is 12.6. The summed E-state index contributed by atoms with van der Waals surface area (Å²) in [5.74, 6) is -0.0681. The summed E-state index contributed by atoms with van der Waals surface area (Å²) in [4.78, 5) is 24.2. The number of rotatable bonds is 3. The molecule has 108 valence electrons. The zero-order valence-electron chi connectivity index (χ0n) is 11.7. The van der Waals surface area contributed by atoms with Gasteiger partial charge in [-0.3, -0.25) is 9.78 Å². The van der Waals surface area contributed by atoms with Crippen molar-refractivity contribution in [2.75, 3.05) is 12.8 Å². The number of nitrogens with two attached hydrogens (primary N) is 1. The van der Waals surface area contributed by atoms with Gasteiger partial charge in [-0.05, 0) is 13.0 Å². The number of hydrogen-bond donors (Lipinski definition) is 1. The van der Waals surface area contributed by atoms with Crippen LogP contribution in [-0.2, 0) is 6.54 Å². The summed E-state index contributed by atoms with van der Waals surface area (Å²) < 4.78 is 0.931. The molecule has 0 aliphatic rings. The minimum Gasteiger partial charge on any atom is -0.397 e. The van der Waals surface area contributed by atoms with E-state index in [1.807, 2.05) is 13.0 Å². The van der Waals surface area contributed by atoms with Crippen molar-refractivity contribution in [1.82, 2.24) is 14.9 Å². The van der Waals surface area contributed by atoms with Gasteiger partial charge in [0.05, 0.1) is 28.1 Å². The molecule has 0 fully saturated rings. The molecule has 1 amide bonds. The molecule has 3 aromatic heterocycles. The summed E-state index contributed by atoms with van der Waals surface area (Å²) in [5.41, 5.74) is 9.40. The molecule has 5 nitrogen and oxygen atoms in total. The molecule has 0 aliphatic heterocycles. The Labute approximate surface area is 130 Å². The van der Waals surface area contributed by atoms with Gasteiger partial charge >= 0.3 is 0 Å². The van der Waals surface area contributed by atoms with Crippen molar-refractivity contribution in [3.05, 3.63) is 39.4 Å². The number of carbonyl (C=O) groups is 1. The molecule has 0 saturated heterocycles. The van der Waals surface area contributed by atoms with Gasteiger partial charge in [0.25, 0.3) is 5.91 Å². The van der Waals surface area contributed by atoms with Crippen molar-refractivity contribution in [1.29, 1.82) is 0 Å². The van der Waals surface area contributed by atoms with Gasteiger partial charge in [0.2, 0.25) is 0 Å². The van der Waals surface area contributed by atoms with E-state index < -0.39 is 0 Å². The van der Waals surface area contributed by atoms with E-state index in [0.29, 0.717) is 17.1 Å². The van der Waals surface area contributed by atoms with Crippen LogP contribution in [0.3, 0.4) is 0 Å². The molecular weight excluding hydrogens is 304 g/mol. The lowest BCUT2D eigenvalue weighted by Gasteiger charge is -2.16. The van der Waals surface area contributed by atoms with Gasteiger partial charge in [0.1, 0.15) is 4.88 Å². The molecule has 0 saturated carbocycles. The highest BCUT2D eigenvalue weighted by Crippen LogP contribution is 2.33. The van der Waals surface area contributed by atoms with Gasteiger partial charge in [-0.1, -0.05) is 0 Å². The van der Waals surface area contributed by atoms with Crippen molar-refractivity contribution in [3.8, 4) is 0 Å². The summed E-state index contributed by atoms with van der Waals surface area (Å²) >= 11 is 2.94. The van der Waals surface area contributed by atoms with Crippen LogP contribution in [-0.4, -0.2) is 27.8 Å². The highest BCUT2D eigenvalue weighted by Gasteiger charge is 2.20. The third-order valence-corrected chi connectivity index (χ3v) is 5.36. The monoisotopic (exact) mass is 318 g/mol. The summed E-state index contributed by atoms with van der Waals surface area (Å²) in [5, 5.41) is 0.890. The fourth-order valence-electron chi connectivity index (χ4n) is 2.07. The lowest BCUT2D eigenvalue weighted by atomic mass is 10.2. The summed E-state index contributed by atoms with van der Waals surface area (Å²) in [6.07, 6.45) is 3.42. The second kappa shape index (κ2) is 5.42. The average Bonchev–Trinajstić information content (AvgIpc) is 3.03. The molecular formula is C14H14N4OS2. The first kappa shape index (κ1) is 14.0. The van der Waals surface area contributed by atoms with Crippen molar-refractivity contribution >= 4 is 44.4 Å². The normalized spacial score (nSPS) is 11.0. The predicted molar refractivity (Wildman–Crippen MR) is 86.7 cm³/mol. The van der Waals surface area contributed by atoms with E-state index in [1.54, 1.807) is 41.2 Å². The number of nitrogens with zero attached hydrogens (tertiary/aromatic N) is 3. The second-order valence-corrected chi connectivity index (χ2v) is 6.73. The van der Waals surface area contributed by atoms with E-state index in [4.69, 9.17) is 5.73 Å². The number of thiophene rings is 1. The first-order valence-electron chi connectivity index (χ1n) is 6.34. The van der Waals surface area contributed by atoms with Crippen LogP contribution in [0, 0.1) is 6.92 Å². The van der Waals surface area contributed by atoms with Crippen LogP contribution in [0.4, 0.5) is 5.69 Å². The van der Waals surface area contributed by atoms with Crippen LogP contribution >= 0.6 is 22.7 Å². The standard InChI is InChI=1S/C14H14N4OS2/c1-8-11(20-7-17-8)6-18(2)14(19)13-12(15)9-3-4-16-5-10(9)21-13/h3-5,7H,6,15H2,1-2H3. The largest absolute Gasteiger partial charge is 0.397 e. The molecule has 0 atom stereocenters. The molecule has 7 heteroatoms. The van der Waals surface area contributed by atoms with Crippen molar-refractivity contribution in [2.24, 2.45) is 0 Å². The Balaban J connectivity index is 1.89. The van der Waals surface area contributed by atoms with Crippen LogP contribution in [0.2, 0.25) is 0 Å². The van der Waals surface area contributed by atoms with E-state index in [-0.39, 0.29) is 5.91 Å². The smallest absolute Gasteiger partial charge is 0.266 e. The molecule has 0 aliphatic carbocycles. The fourth-order valence-corrected chi connectivity index (χ4v) is 3.98. The number of carbonyl (C=O) groups excluding carboxylic acids is 1. The first-order valence-corrected chi connectivity index (χ1v) is 8.04. The topological polar surface area (TPSA) is 72.1 Å². The molecule has 2 N–H and O–H groups in total.